The Morgan fingerprint density at radius 2 is 2.14 bits per heavy atom. The fraction of sp³-hybridized carbons (Fsp3) is 0.600. The van der Waals surface area contributed by atoms with Gasteiger partial charge in [0.2, 0.25) is 0 Å². The molecule has 0 aromatic carbocycles. The van der Waals surface area contributed by atoms with Gasteiger partial charge in [0.25, 0.3) is 0 Å². The molecule has 0 amide bonds. The first-order valence-corrected chi connectivity index (χ1v) is 4.89. The molecule has 0 spiro atoms. The maximum atomic E-state index is 9.99. The highest BCUT2D eigenvalue weighted by atomic mass is 16.5. The molecule has 1 aromatic rings. The molecule has 76 valence electrons. The van der Waals surface area contributed by atoms with E-state index < -0.39 is 6.10 Å². The molecule has 1 aliphatic heterocycles. The van der Waals surface area contributed by atoms with Gasteiger partial charge in [0.1, 0.15) is 6.10 Å². The van der Waals surface area contributed by atoms with E-state index in [0.717, 1.165) is 26.1 Å². The molecule has 1 saturated heterocycles. The van der Waals surface area contributed by atoms with Gasteiger partial charge in [-0.15, -0.1) is 0 Å². The van der Waals surface area contributed by atoms with Crippen molar-refractivity contribution in [3.63, 3.8) is 0 Å². The van der Waals surface area contributed by atoms with Crippen molar-refractivity contribution < 1.29 is 9.84 Å². The molecule has 1 unspecified atom stereocenters. The van der Waals surface area contributed by atoms with Gasteiger partial charge in [0, 0.05) is 25.6 Å². The molecule has 0 saturated carbocycles. The third-order valence-electron chi connectivity index (χ3n) is 2.60. The summed E-state index contributed by atoms with van der Waals surface area (Å²) in [6.45, 7) is 1.48. The van der Waals surface area contributed by atoms with Crippen molar-refractivity contribution in [3.8, 4) is 0 Å². The summed E-state index contributed by atoms with van der Waals surface area (Å²) in [4.78, 5) is 8.05. The number of hydrogen-bond acceptors (Lipinski definition) is 4. The average molecular weight is 194 g/mol. The van der Waals surface area contributed by atoms with Gasteiger partial charge in [-0.3, -0.25) is 9.97 Å². The molecule has 4 nitrogen and oxygen atoms in total. The molecule has 0 bridgehead atoms. The summed E-state index contributed by atoms with van der Waals surface area (Å²) >= 11 is 0. The van der Waals surface area contributed by atoms with E-state index in [1.807, 2.05) is 0 Å². The predicted molar refractivity (Wildman–Crippen MR) is 50.5 cm³/mol. The van der Waals surface area contributed by atoms with E-state index in [1.54, 1.807) is 18.6 Å². The van der Waals surface area contributed by atoms with Gasteiger partial charge < -0.3 is 9.84 Å². The second-order valence-corrected chi connectivity index (χ2v) is 3.52. The number of aromatic nitrogens is 2. The molecular weight excluding hydrogens is 180 g/mol. The molecule has 4 heteroatoms. The minimum absolute atomic E-state index is 0.264. The van der Waals surface area contributed by atoms with Gasteiger partial charge in [0.15, 0.2) is 0 Å². The molecule has 0 radical (unpaired) electrons. The summed E-state index contributed by atoms with van der Waals surface area (Å²) in [6, 6.07) is 0. The van der Waals surface area contributed by atoms with Crippen LogP contribution in [0.1, 0.15) is 24.6 Å². The molecule has 1 N–H and O–H groups in total. The van der Waals surface area contributed by atoms with Crippen molar-refractivity contribution in [3.05, 3.63) is 24.3 Å². The zero-order chi connectivity index (χ0) is 9.80. The number of aliphatic hydroxyl groups excluding tert-OH is 1. The monoisotopic (exact) mass is 194 g/mol. The quantitative estimate of drug-likeness (QED) is 0.761. The van der Waals surface area contributed by atoms with Gasteiger partial charge in [-0.1, -0.05) is 0 Å². The fourth-order valence-corrected chi connectivity index (χ4v) is 1.74. The van der Waals surface area contributed by atoms with Crippen molar-refractivity contribution >= 4 is 0 Å². The van der Waals surface area contributed by atoms with Crippen LogP contribution in [-0.2, 0) is 4.74 Å². The second kappa shape index (κ2) is 4.48. The smallest absolute Gasteiger partial charge is 0.100 e. The highest BCUT2D eigenvalue weighted by Crippen LogP contribution is 2.27. The maximum Gasteiger partial charge on any atom is 0.100 e. The van der Waals surface area contributed by atoms with Crippen molar-refractivity contribution in [1.82, 2.24) is 9.97 Å². The molecule has 14 heavy (non-hydrogen) atoms. The Hall–Kier alpha value is -1.00. The Morgan fingerprint density at radius 3 is 2.79 bits per heavy atom. The first kappa shape index (κ1) is 9.55. The number of ether oxygens (including phenoxy) is 1. The summed E-state index contributed by atoms with van der Waals surface area (Å²) in [5, 5.41) is 9.99. The molecule has 0 aliphatic carbocycles. The standard InChI is InChI=1S/C10H14N2O2/c13-10(8-1-5-14-6-2-8)9-7-11-3-4-12-9/h3-4,7-8,10,13H,1-2,5-6H2. The largest absolute Gasteiger partial charge is 0.386 e. The molecule has 1 aliphatic rings. The molecule has 1 fully saturated rings. The van der Waals surface area contributed by atoms with E-state index in [2.05, 4.69) is 9.97 Å². The zero-order valence-corrected chi connectivity index (χ0v) is 7.97. The Morgan fingerprint density at radius 1 is 1.36 bits per heavy atom. The molecule has 2 rings (SSSR count). The molecule has 2 heterocycles. The fourth-order valence-electron chi connectivity index (χ4n) is 1.74. The van der Waals surface area contributed by atoms with Crippen LogP contribution in [0.15, 0.2) is 18.6 Å². The van der Waals surface area contributed by atoms with Crippen molar-refractivity contribution in [2.24, 2.45) is 5.92 Å². The summed E-state index contributed by atoms with van der Waals surface area (Å²) in [5.41, 5.74) is 0.666. The van der Waals surface area contributed by atoms with Crippen LogP contribution in [0.2, 0.25) is 0 Å². The van der Waals surface area contributed by atoms with E-state index in [1.165, 1.54) is 0 Å². The summed E-state index contributed by atoms with van der Waals surface area (Å²) in [5.74, 6) is 0.264. The SMILES string of the molecule is OC(c1cnccn1)C1CCOCC1. The van der Waals surface area contributed by atoms with Gasteiger partial charge in [-0.05, 0) is 18.8 Å². The number of nitrogens with zero attached hydrogens (tertiary/aromatic N) is 2. The van der Waals surface area contributed by atoms with E-state index in [9.17, 15) is 5.11 Å². The van der Waals surface area contributed by atoms with E-state index in [0.29, 0.717) is 5.69 Å². The number of rotatable bonds is 2. The van der Waals surface area contributed by atoms with Crippen LogP contribution in [0.4, 0.5) is 0 Å². The highest BCUT2D eigenvalue weighted by Gasteiger charge is 2.24. The third kappa shape index (κ3) is 2.08. The topological polar surface area (TPSA) is 55.2 Å². The van der Waals surface area contributed by atoms with Gasteiger partial charge >= 0.3 is 0 Å². The van der Waals surface area contributed by atoms with Crippen molar-refractivity contribution in [2.45, 2.75) is 18.9 Å². The van der Waals surface area contributed by atoms with Crippen molar-refractivity contribution in [1.29, 1.82) is 0 Å². The highest BCUT2D eigenvalue weighted by molar-refractivity contribution is 5.01. The van der Waals surface area contributed by atoms with Crippen LogP contribution in [-0.4, -0.2) is 28.3 Å². The van der Waals surface area contributed by atoms with E-state index in [-0.39, 0.29) is 5.92 Å². The van der Waals surface area contributed by atoms with Gasteiger partial charge in [-0.25, -0.2) is 0 Å². The van der Waals surface area contributed by atoms with E-state index in [4.69, 9.17) is 4.74 Å². The van der Waals surface area contributed by atoms with Crippen LogP contribution >= 0.6 is 0 Å². The second-order valence-electron chi connectivity index (χ2n) is 3.52. The molecular formula is C10H14N2O2. The Kier molecular flexibility index (Phi) is 3.06. The van der Waals surface area contributed by atoms with E-state index >= 15 is 0 Å². The predicted octanol–water partition coefficient (Wildman–Crippen LogP) is 0.937. The lowest BCUT2D eigenvalue weighted by Gasteiger charge is -2.25. The minimum atomic E-state index is -0.493. The van der Waals surface area contributed by atoms with Crippen molar-refractivity contribution in [2.75, 3.05) is 13.2 Å². The first-order valence-electron chi connectivity index (χ1n) is 4.89. The van der Waals surface area contributed by atoms with Crippen LogP contribution in [0.5, 0.6) is 0 Å². The first-order chi connectivity index (χ1) is 6.88. The lowest BCUT2D eigenvalue weighted by molar-refractivity contribution is 0.00543. The maximum absolute atomic E-state index is 9.99. The lowest BCUT2D eigenvalue weighted by atomic mass is 9.92. The van der Waals surface area contributed by atoms with Gasteiger partial charge in [-0.2, -0.15) is 0 Å². The summed E-state index contributed by atoms with van der Waals surface area (Å²) in [6.07, 6.45) is 6.15. The molecule has 1 atom stereocenters. The summed E-state index contributed by atoms with van der Waals surface area (Å²) in [7, 11) is 0. The third-order valence-corrected chi connectivity index (χ3v) is 2.60. The van der Waals surface area contributed by atoms with Crippen LogP contribution in [0, 0.1) is 5.92 Å². The Labute approximate surface area is 83.0 Å². The van der Waals surface area contributed by atoms with Crippen LogP contribution in [0.25, 0.3) is 0 Å². The van der Waals surface area contributed by atoms with Crippen LogP contribution < -0.4 is 0 Å². The van der Waals surface area contributed by atoms with Crippen LogP contribution in [0.3, 0.4) is 0 Å². The average Bonchev–Trinajstić information content (AvgIpc) is 2.30. The summed E-state index contributed by atoms with van der Waals surface area (Å²) < 4.78 is 5.24. The van der Waals surface area contributed by atoms with Gasteiger partial charge in [0.05, 0.1) is 11.9 Å². The number of aliphatic hydroxyl groups is 1. The minimum Gasteiger partial charge on any atom is -0.386 e. The lowest BCUT2D eigenvalue weighted by Crippen LogP contribution is -2.22. The Balaban J connectivity index is 2.03. The normalized spacial score (nSPS) is 20.6. The Bertz CT molecular complexity index is 273. The number of hydrogen-bond donors (Lipinski definition) is 1. The molecule has 1 aromatic heterocycles. The zero-order valence-electron chi connectivity index (χ0n) is 7.97.